The molecular formula is C21H21F6N5O5. The van der Waals surface area contributed by atoms with Crippen molar-refractivity contribution >= 4 is 23.8 Å². The fourth-order valence-electron chi connectivity index (χ4n) is 3.73. The van der Waals surface area contributed by atoms with Gasteiger partial charge in [-0.3, -0.25) is 9.78 Å². The van der Waals surface area contributed by atoms with Crippen LogP contribution in [0.5, 0.6) is 0 Å². The van der Waals surface area contributed by atoms with E-state index in [1.807, 2.05) is 23.1 Å². The molecule has 2 aliphatic heterocycles. The molecule has 4 rings (SSSR count). The van der Waals surface area contributed by atoms with Gasteiger partial charge in [-0.15, -0.1) is 0 Å². The first-order valence-electron chi connectivity index (χ1n) is 10.5. The van der Waals surface area contributed by atoms with Gasteiger partial charge in [0.1, 0.15) is 0 Å². The molecule has 2 aliphatic rings. The molecule has 0 bridgehead atoms. The summed E-state index contributed by atoms with van der Waals surface area (Å²) >= 11 is 0. The molecule has 2 fully saturated rings. The molecular weight excluding hydrogens is 516 g/mol. The molecule has 10 nitrogen and oxygen atoms in total. The fraction of sp³-hybridized carbons (Fsp3) is 0.429. The molecule has 1 amide bonds. The van der Waals surface area contributed by atoms with Gasteiger partial charge in [0.15, 0.2) is 0 Å². The second-order valence-electron chi connectivity index (χ2n) is 7.69. The minimum atomic E-state index is -5.08. The lowest BCUT2D eigenvalue weighted by Crippen LogP contribution is -2.52. The van der Waals surface area contributed by atoms with Crippen molar-refractivity contribution in [3.8, 4) is 0 Å². The molecule has 2 atom stereocenters. The summed E-state index contributed by atoms with van der Waals surface area (Å²) < 4.78 is 63.5. The Morgan fingerprint density at radius 3 is 1.89 bits per heavy atom. The van der Waals surface area contributed by atoms with Gasteiger partial charge < -0.3 is 20.0 Å². The maximum atomic E-state index is 12.4. The summed E-state index contributed by atoms with van der Waals surface area (Å²) in [5.74, 6) is -4.49. The maximum Gasteiger partial charge on any atom is 0.490 e. The Balaban J connectivity index is 0.000000286. The highest BCUT2D eigenvalue weighted by Gasteiger charge is 2.44. The van der Waals surface area contributed by atoms with Crippen molar-refractivity contribution < 1.29 is 50.9 Å². The van der Waals surface area contributed by atoms with Crippen LogP contribution < -0.4 is 4.90 Å². The van der Waals surface area contributed by atoms with Crippen LogP contribution in [0.15, 0.2) is 43.0 Å². The largest absolute Gasteiger partial charge is 0.490 e. The lowest BCUT2D eigenvalue weighted by Gasteiger charge is -2.39. The Morgan fingerprint density at radius 1 is 0.892 bits per heavy atom. The highest BCUT2D eigenvalue weighted by Crippen LogP contribution is 2.34. The van der Waals surface area contributed by atoms with Crippen molar-refractivity contribution in [3.63, 3.8) is 0 Å². The van der Waals surface area contributed by atoms with E-state index in [1.165, 1.54) is 0 Å². The van der Waals surface area contributed by atoms with Crippen LogP contribution in [-0.4, -0.2) is 78.9 Å². The molecule has 37 heavy (non-hydrogen) atoms. The molecule has 2 aromatic heterocycles. The summed E-state index contributed by atoms with van der Waals surface area (Å²) in [7, 11) is 0. The third-order valence-electron chi connectivity index (χ3n) is 5.28. The number of likely N-dealkylation sites (tertiary alicyclic amines) is 1. The Morgan fingerprint density at radius 2 is 1.41 bits per heavy atom. The summed E-state index contributed by atoms with van der Waals surface area (Å²) in [4.78, 5) is 47.3. The van der Waals surface area contributed by atoms with E-state index in [0.717, 1.165) is 30.9 Å². The third kappa shape index (κ3) is 8.57. The van der Waals surface area contributed by atoms with Crippen LogP contribution in [0, 0.1) is 0 Å². The molecule has 0 radical (unpaired) electrons. The van der Waals surface area contributed by atoms with E-state index in [-0.39, 0.29) is 11.9 Å². The fourth-order valence-corrected chi connectivity index (χ4v) is 3.73. The Bertz CT molecular complexity index is 1030. The number of aliphatic carboxylic acids is 2. The predicted molar refractivity (Wildman–Crippen MR) is 113 cm³/mol. The Hall–Kier alpha value is -3.98. The number of hydrogen-bond acceptors (Lipinski definition) is 7. The summed E-state index contributed by atoms with van der Waals surface area (Å²) in [6.45, 7) is 1.56. The van der Waals surface area contributed by atoms with Gasteiger partial charge in [-0.1, -0.05) is 0 Å². The number of halogens is 6. The molecule has 0 aromatic carbocycles. The van der Waals surface area contributed by atoms with Gasteiger partial charge in [-0.2, -0.15) is 26.3 Å². The van der Waals surface area contributed by atoms with E-state index in [1.54, 1.807) is 24.8 Å². The highest BCUT2D eigenvalue weighted by atomic mass is 19.4. The van der Waals surface area contributed by atoms with Gasteiger partial charge in [0.05, 0.1) is 12.1 Å². The number of amides is 1. The number of piperidine rings is 1. The van der Waals surface area contributed by atoms with Crippen LogP contribution in [0.1, 0.15) is 24.8 Å². The number of carboxylic acid groups (broad SMARTS) is 2. The number of carbonyl (C=O) groups excluding carboxylic acids is 1. The average Bonchev–Trinajstić information content (AvgIpc) is 3.26. The van der Waals surface area contributed by atoms with Crippen molar-refractivity contribution in [3.05, 3.63) is 48.5 Å². The lowest BCUT2D eigenvalue weighted by molar-refractivity contribution is -0.193. The molecule has 0 unspecified atom stereocenters. The van der Waals surface area contributed by atoms with E-state index < -0.39 is 24.3 Å². The first kappa shape index (κ1) is 29.3. The van der Waals surface area contributed by atoms with Crippen LogP contribution >= 0.6 is 0 Å². The number of nitrogens with zero attached hydrogens (tertiary/aromatic N) is 5. The molecule has 2 saturated heterocycles. The van der Waals surface area contributed by atoms with Gasteiger partial charge in [0.25, 0.3) is 0 Å². The van der Waals surface area contributed by atoms with Crippen molar-refractivity contribution in [1.82, 2.24) is 19.9 Å². The normalized spacial score (nSPS) is 19.1. The molecule has 2 N–H and O–H groups in total. The van der Waals surface area contributed by atoms with E-state index in [2.05, 4.69) is 19.9 Å². The molecule has 16 heteroatoms. The molecule has 0 saturated carbocycles. The van der Waals surface area contributed by atoms with Gasteiger partial charge in [0, 0.05) is 44.3 Å². The van der Waals surface area contributed by atoms with Crippen LogP contribution in [0.2, 0.25) is 0 Å². The molecule has 0 spiro atoms. The van der Waals surface area contributed by atoms with Gasteiger partial charge >= 0.3 is 24.3 Å². The van der Waals surface area contributed by atoms with E-state index in [4.69, 9.17) is 19.8 Å². The first-order valence-corrected chi connectivity index (χ1v) is 10.5. The van der Waals surface area contributed by atoms with E-state index >= 15 is 0 Å². The van der Waals surface area contributed by atoms with Crippen LogP contribution in [0.3, 0.4) is 0 Å². The quantitative estimate of drug-likeness (QED) is 0.567. The van der Waals surface area contributed by atoms with Crippen LogP contribution in [0.25, 0.3) is 0 Å². The Labute approximate surface area is 205 Å². The SMILES string of the molecule is O=C(O)C(F)(F)F.O=C(O)C(F)(F)F.O=C1CC[C@H]2[C@H](CCN2c2ncccn2)N1Cc1ccncc1. The van der Waals surface area contributed by atoms with Crippen molar-refractivity contribution in [2.75, 3.05) is 11.4 Å². The number of alkyl halides is 6. The standard InChI is InChI=1S/C17H19N5O.2C2HF3O2/c23-16-3-2-14-15(22(16)12-13-4-9-18-10-5-13)6-11-21(14)17-19-7-1-8-20-17;2*3-2(4,5)1(6)7/h1,4-5,7-10,14-15H,2-3,6,11-12H2;2*(H,6,7)/t14-,15-;;/m0../s1. The summed E-state index contributed by atoms with van der Waals surface area (Å²) in [5, 5.41) is 14.2. The van der Waals surface area contributed by atoms with Crippen molar-refractivity contribution in [2.45, 2.75) is 50.2 Å². The number of pyridine rings is 1. The average molecular weight is 537 g/mol. The number of carbonyl (C=O) groups is 3. The summed E-state index contributed by atoms with van der Waals surface area (Å²) in [6.07, 6.45) is -0.610. The van der Waals surface area contributed by atoms with Gasteiger partial charge in [-0.25, -0.2) is 19.6 Å². The van der Waals surface area contributed by atoms with Crippen molar-refractivity contribution in [2.24, 2.45) is 0 Å². The molecule has 0 aliphatic carbocycles. The predicted octanol–water partition coefficient (Wildman–Crippen LogP) is 2.91. The number of aromatic nitrogens is 3. The van der Waals surface area contributed by atoms with Gasteiger partial charge in [-0.05, 0) is 36.6 Å². The third-order valence-corrected chi connectivity index (χ3v) is 5.28. The molecule has 2 aromatic rings. The maximum absolute atomic E-state index is 12.4. The topological polar surface area (TPSA) is 137 Å². The zero-order valence-electron chi connectivity index (χ0n) is 18.9. The number of fused-ring (bicyclic) bond motifs is 1. The van der Waals surface area contributed by atoms with Crippen LogP contribution in [-0.2, 0) is 20.9 Å². The minimum Gasteiger partial charge on any atom is -0.475 e. The Kier molecular flexibility index (Phi) is 9.74. The molecule has 4 heterocycles. The zero-order chi connectivity index (χ0) is 27.8. The van der Waals surface area contributed by atoms with Gasteiger partial charge in [0.2, 0.25) is 11.9 Å². The minimum absolute atomic E-state index is 0.244. The van der Waals surface area contributed by atoms with E-state index in [0.29, 0.717) is 19.0 Å². The summed E-state index contributed by atoms with van der Waals surface area (Å²) in [5.41, 5.74) is 1.13. The smallest absolute Gasteiger partial charge is 0.475 e. The van der Waals surface area contributed by atoms with E-state index in [9.17, 15) is 31.1 Å². The second-order valence-corrected chi connectivity index (χ2v) is 7.69. The molecule has 202 valence electrons. The first-order chi connectivity index (χ1) is 17.2. The number of carboxylic acids is 2. The van der Waals surface area contributed by atoms with Crippen molar-refractivity contribution in [1.29, 1.82) is 0 Å². The monoisotopic (exact) mass is 537 g/mol. The number of anilines is 1. The zero-order valence-corrected chi connectivity index (χ0v) is 18.9. The number of rotatable bonds is 3. The second kappa shape index (κ2) is 12.3. The summed E-state index contributed by atoms with van der Waals surface area (Å²) in [6, 6.07) is 6.34. The number of hydrogen-bond donors (Lipinski definition) is 2. The highest BCUT2D eigenvalue weighted by molar-refractivity contribution is 5.78. The lowest BCUT2D eigenvalue weighted by atomic mass is 9.95. The van der Waals surface area contributed by atoms with Crippen LogP contribution in [0.4, 0.5) is 32.3 Å².